The predicted molar refractivity (Wildman–Crippen MR) is 104 cm³/mol. The largest absolute Gasteiger partial charge is 0.390 e. The summed E-state index contributed by atoms with van der Waals surface area (Å²) >= 11 is 0. The van der Waals surface area contributed by atoms with Crippen LogP contribution in [0.25, 0.3) is 0 Å². The highest BCUT2D eigenvalue weighted by atomic mass is 16.5. The normalized spacial score (nSPS) is 31.7. The van der Waals surface area contributed by atoms with Crippen LogP contribution in [0.15, 0.2) is 6.20 Å². The molecule has 2 N–H and O–H groups in total. The van der Waals surface area contributed by atoms with Gasteiger partial charge in [0.1, 0.15) is 6.07 Å². The standard InChI is InChI=1S/C21H32N4O2/c1-21(26)10-4-3-5-15(12-21)11-19-16(13-22)14-23-20(25-19)24-17-6-8-18(27-2)9-7-17/h14-15,17-18,26H,3-12H2,1-2H3,(H,23,24,25)/t15-,17?,18?,21+/m1/s1. The van der Waals surface area contributed by atoms with Gasteiger partial charge in [-0.3, -0.25) is 0 Å². The van der Waals surface area contributed by atoms with E-state index in [9.17, 15) is 10.4 Å². The second-order valence-corrected chi connectivity index (χ2v) is 8.54. The summed E-state index contributed by atoms with van der Waals surface area (Å²) in [5, 5.41) is 23.4. The fraction of sp³-hybridized carbons (Fsp3) is 0.762. The molecule has 148 valence electrons. The molecule has 0 aromatic carbocycles. The molecule has 2 aliphatic carbocycles. The zero-order valence-corrected chi connectivity index (χ0v) is 16.6. The van der Waals surface area contributed by atoms with Crippen molar-refractivity contribution in [2.75, 3.05) is 12.4 Å². The number of anilines is 1. The molecule has 1 heterocycles. The Balaban J connectivity index is 1.67. The molecule has 2 saturated carbocycles. The Labute approximate surface area is 162 Å². The first-order valence-corrected chi connectivity index (χ1v) is 10.3. The topological polar surface area (TPSA) is 91.1 Å². The molecule has 0 amide bonds. The second kappa shape index (κ2) is 8.99. The number of hydrogen-bond donors (Lipinski definition) is 2. The van der Waals surface area contributed by atoms with Gasteiger partial charge in [0.2, 0.25) is 5.95 Å². The maximum Gasteiger partial charge on any atom is 0.223 e. The van der Waals surface area contributed by atoms with Crippen LogP contribution in [-0.2, 0) is 11.2 Å². The quantitative estimate of drug-likeness (QED) is 0.768. The van der Waals surface area contributed by atoms with Gasteiger partial charge in [-0.05, 0) is 64.2 Å². The van der Waals surface area contributed by atoms with Crippen molar-refractivity contribution in [3.05, 3.63) is 17.5 Å². The van der Waals surface area contributed by atoms with E-state index < -0.39 is 5.60 Å². The van der Waals surface area contributed by atoms with Crippen LogP contribution < -0.4 is 5.32 Å². The van der Waals surface area contributed by atoms with Gasteiger partial charge in [-0.25, -0.2) is 9.97 Å². The molecule has 0 aliphatic heterocycles. The van der Waals surface area contributed by atoms with E-state index >= 15 is 0 Å². The minimum atomic E-state index is -0.609. The molecular weight excluding hydrogens is 340 g/mol. The molecule has 2 fully saturated rings. The predicted octanol–water partition coefficient (Wildman–Crippen LogP) is 3.59. The molecule has 0 bridgehead atoms. The van der Waals surface area contributed by atoms with Crippen LogP contribution in [0.3, 0.4) is 0 Å². The summed E-state index contributed by atoms with van der Waals surface area (Å²) in [5.74, 6) is 0.972. The number of nitriles is 1. The lowest BCUT2D eigenvalue weighted by atomic mass is 9.87. The fourth-order valence-electron chi connectivity index (χ4n) is 4.57. The molecule has 2 atom stereocenters. The Bertz CT molecular complexity index is 663. The minimum absolute atomic E-state index is 0.356. The van der Waals surface area contributed by atoms with E-state index in [4.69, 9.17) is 9.72 Å². The number of hydrogen-bond acceptors (Lipinski definition) is 6. The van der Waals surface area contributed by atoms with E-state index in [0.29, 0.717) is 29.6 Å². The Morgan fingerprint density at radius 2 is 2.07 bits per heavy atom. The summed E-state index contributed by atoms with van der Waals surface area (Å²) in [6.07, 6.45) is 11.8. The zero-order valence-electron chi connectivity index (χ0n) is 16.6. The van der Waals surface area contributed by atoms with Crippen LogP contribution in [0.4, 0.5) is 5.95 Å². The van der Waals surface area contributed by atoms with Crippen LogP contribution in [0.1, 0.15) is 76.0 Å². The zero-order chi connectivity index (χ0) is 19.3. The van der Waals surface area contributed by atoms with Crippen LogP contribution >= 0.6 is 0 Å². The molecular formula is C21H32N4O2. The summed E-state index contributed by atoms with van der Waals surface area (Å²) in [6, 6.07) is 2.59. The van der Waals surface area contributed by atoms with Crippen molar-refractivity contribution in [3.8, 4) is 6.07 Å². The van der Waals surface area contributed by atoms with E-state index in [0.717, 1.165) is 69.9 Å². The molecule has 27 heavy (non-hydrogen) atoms. The third-order valence-electron chi connectivity index (χ3n) is 6.12. The van der Waals surface area contributed by atoms with Crippen molar-refractivity contribution >= 4 is 5.95 Å². The number of methoxy groups -OCH3 is 1. The average Bonchev–Trinajstić information content (AvgIpc) is 2.82. The first kappa shape index (κ1) is 20.0. The van der Waals surface area contributed by atoms with Gasteiger partial charge in [0.05, 0.1) is 29.2 Å². The van der Waals surface area contributed by atoms with E-state index in [-0.39, 0.29) is 0 Å². The number of aromatic nitrogens is 2. The lowest BCUT2D eigenvalue weighted by molar-refractivity contribution is 0.0318. The van der Waals surface area contributed by atoms with Crippen LogP contribution in [-0.4, -0.2) is 39.9 Å². The van der Waals surface area contributed by atoms with Crippen LogP contribution in [0.5, 0.6) is 0 Å². The Hall–Kier alpha value is -1.71. The van der Waals surface area contributed by atoms with Crippen LogP contribution in [0.2, 0.25) is 0 Å². The van der Waals surface area contributed by atoms with Crippen molar-refractivity contribution in [2.45, 2.75) is 88.9 Å². The molecule has 1 aromatic rings. The fourth-order valence-corrected chi connectivity index (χ4v) is 4.57. The molecule has 2 aliphatic rings. The highest BCUT2D eigenvalue weighted by Crippen LogP contribution is 2.33. The van der Waals surface area contributed by atoms with Gasteiger partial charge in [-0.1, -0.05) is 12.8 Å². The summed E-state index contributed by atoms with van der Waals surface area (Å²) < 4.78 is 5.44. The lowest BCUT2D eigenvalue weighted by Gasteiger charge is -2.28. The van der Waals surface area contributed by atoms with Crippen molar-refractivity contribution in [1.82, 2.24) is 9.97 Å². The number of rotatable bonds is 5. The van der Waals surface area contributed by atoms with Gasteiger partial charge >= 0.3 is 0 Å². The monoisotopic (exact) mass is 372 g/mol. The summed E-state index contributed by atoms with van der Waals surface area (Å²) in [4.78, 5) is 9.05. The lowest BCUT2D eigenvalue weighted by Crippen LogP contribution is -2.30. The third-order valence-corrected chi connectivity index (χ3v) is 6.12. The van der Waals surface area contributed by atoms with Crippen molar-refractivity contribution in [1.29, 1.82) is 5.26 Å². The maximum absolute atomic E-state index is 10.5. The van der Waals surface area contributed by atoms with E-state index in [2.05, 4.69) is 16.4 Å². The third kappa shape index (κ3) is 5.63. The van der Waals surface area contributed by atoms with Gasteiger partial charge in [0, 0.05) is 13.2 Å². The molecule has 0 saturated heterocycles. The Morgan fingerprint density at radius 3 is 2.78 bits per heavy atom. The highest BCUT2D eigenvalue weighted by molar-refractivity contribution is 5.37. The highest BCUT2D eigenvalue weighted by Gasteiger charge is 2.29. The van der Waals surface area contributed by atoms with Gasteiger partial charge in [-0.15, -0.1) is 0 Å². The molecule has 0 radical (unpaired) electrons. The van der Waals surface area contributed by atoms with E-state index in [1.165, 1.54) is 0 Å². The van der Waals surface area contributed by atoms with Crippen molar-refractivity contribution in [2.24, 2.45) is 5.92 Å². The number of aliphatic hydroxyl groups is 1. The first-order chi connectivity index (χ1) is 13.0. The minimum Gasteiger partial charge on any atom is -0.390 e. The Kier molecular flexibility index (Phi) is 6.67. The average molecular weight is 373 g/mol. The van der Waals surface area contributed by atoms with Crippen LogP contribution in [0, 0.1) is 17.2 Å². The molecule has 1 aromatic heterocycles. The Morgan fingerprint density at radius 1 is 1.30 bits per heavy atom. The van der Waals surface area contributed by atoms with E-state index in [1.54, 1.807) is 13.3 Å². The summed E-state index contributed by atoms with van der Waals surface area (Å²) in [7, 11) is 1.78. The molecule has 0 unspecified atom stereocenters. The second-order valence-electron chi connectivity index (χ2n) is 8.54. The van der Waals surface area contributed by atoms with Gasteiger partial charge in [0.25, 0.3) is 0 Å². The van der Waals surface area contributed by atoms with Crippen molar-refractivity contribution < 1.29 is 9.84 Å². The van der Waals surface area contributed by atoms with Gasteiger partial charge in [0.15, 0.2) is 0 Å². The number of nitrogens with one attached hydrogen (secondary N) is 1. The van der Waals surface area contributed by atoms with Gasteiger partial charge in [-0.2, -0.15) is 5.26 Å². The number of nitrogens with zero attached hydrogens (tertiary/aromatic N) is 3. The molecule has 3 rings (SSSR count). The summed E-state index contributed by atoms with van der Waals surface area (Å²) in [6.45, 7) is 1.93. The SMILES string of the molecule is COC1CCC(Nc2ncc(C#N)c(C[C@H]3CCCC[C@](C)(O)C3)n2)CC1. The molecule has 6 nitrogen and oxygen atoms in total. The summed E-state index contributed by atoms with van der Waals surface area (Å²) in [5.41, 5.74) is 0.748. The van der Waals surface area contributed by atoms with E-state index in [1.807, 2.05) is 6.92 Å². The smallest absolute Gasteiger partial charge is 0.223 e. The first-order valence-electron chi connectivity index (χ1n) is 10.3. The number of ether oxygens (including phenoxy) is 1. The van der Waals surface area contributed by atoms with Crippen molar-refractivity contribution in [3.63, 3.8) is 0 Å². The molecule has 6 heteroatoms. The maximum atomic E-state index is 10.5. The van der Waals surface area contributed by atoms with Gasteiger partial charge < -0.3 is 15.2 Å². The molecule has 0 spiro atoms.